The minimum Gasteiger partial charge on any atom is -0.324 e. The summed E-state index contributed by atoms with van der Waals surface area (Å²) in [6.07, 6.45) is 0. The second kappa shape index (κ2) is 7.31. The average Bonchev–Trinajstić information content (AvgIpc) is 3.08. The van der Waals surface area contributed by atoms with Crippen molar-refractivity contribution in [2.75, 3.05) is 16.9 Å². The van der Waals surface area contributed by atoms with Gasteiger partial charge in [-0.05, 0) is 55.7 Å². The van der Waals surface area contributed by atoms with Crippen LogP contribution in [0.3, 0.4) is 0 Å². The SMILES string of the molecule is Cc1ccc(NC(=O)[C@H]2CSCN2C(=O)c2ccccc2C)cc1C. The van der Waals surface area contributed by atoms with Gasteiger partial charge in [0.1, 0.15) is 6.04 Å². The van der Waals surface area contributed by atoms with Gasteiger partial charge in [-0.2, -0.15) is 0 Å². The van der Waals surface area contributed by atoms with E-state index in [1.165, 1.54) is 5.56 Å². The van der Waals surface area contributed by atoms with Crippen molar-refractivity contribution in [3.63, 3.8) is 0 Å². The van der Waals surface area contributed by atoms with E-state index in [4.69, 9.17) is 0 Å². The Labute approximate surface area is 152 Å². The second-order valence-corrected chi connectivity index (χ2v) is 7.39. The van der Waals surface area contributed by atoms with Crippen molar-refractivity contribution < 1.29 is 9.59 Å². The molecule has 4 nitrogen and oxygen atoms in total. The molecule has 0 unspecified atom stereocenters. The quantitative estimate of drug-likeness (QED) is 0.913. The molecule has 2 amide bonds. The highest BCUT2D eigenvalue weighted by atomic mass is 32.2. The molecule has 0 aliphatic carbocycles. The molecule has 0 saturated carbocycles. The van der Waals surface area contributed by atoms with Gasteiger partial charge in [0.15, 0.2) is 0 Å². The average molecular weight is 354 g/mol. The molecule has 3 rings (SSSR count). The van der Waals surface area contributed by atoms with Gasteiger partial charge in [0.25, 0.3) is 5.91 Å². The Kier molecular flexibility index (Phi) is 5.13. The standard InChI is InChI=1S/C20H22N2O2S/c1-13-8-9-16(10-15(13)3)21-19(23)18-11-25-12-22(18)20(24)17-7-5-4-6-14(17)2/h4-10,18H,11-12H2,1-3H3,(H,21,23)/t18-/m1/s1. The van der Waals surface area contributed by atoms with Gasteiger partial charge >= 0.3 is 0 Å². The number of hydrogen-bond acceptors (Lipinski definition) is 3. The van der Waals surface area contributed by atoms with Crippen molar-refractivity contribution in [3.05, 3.63) is 64.7 Å². The zero-order chi connectivity index (χ0) is 18.0. The van der Waals surface area contributed by atoms with Gasteiger partial charge in [0, 0.05) is 17.0 Å². The molecular weight excluding hydrogens is 332 g/mol. The zero-order valence-corrected chi connectivity index (χ0v) is 15.5. The summed E-state index contributed by atoms with van der Waals surface area (Å²) in [4.78, 5) is 27.3. The number of thioether (sulfide) groups is 1. The fourth-order valence-electron chi connectivity index (χ4n) is 2.87. The summed E-state index contributed by atoms with van der Waals surface area (Å²) in [5, 5.41) is 2.96. The number of nitrogens with zero attached hydrogens (tertiary/aromatic N) is 1. The van der Waals surface area contributed by atoms with Gasteiger partial charge in [-0.15, -0.1) is 11.8 Å². The third-order valence-electron chi connectivity index (χ3n) is 4.60. The number of carbonyl (C=O) groups excluding carboxylic acids is 2. The van der Waals surface area contributed by atoms with E-state index in [1.54, 1.807) is 16.7 Å². The Morgan fingerprint density at radius 3 is 2.52 bits per heavy atom. The van der Waals surface area contributed by atoms with Gasteiger partial charge in [0.2, 0.25) is 5.91 Å². The predicted molar refractivity (Wildman–Crippen MR) is 103 cm³/mol. The summed E-state index contributed by atoms with van der Waals surface area (Å²) in [7, 11) is 0. The van der Waals surface area contributed by atoms with Crippen LogP contribution in [0.15, 0.2) is 42.5 Å². The minimum absolute atomic E-state index is 0.0802. The van der Waals surface area contributed by atoms with Crippen LogP contribution in [0.2, 0.25) is 0 Å². The van der Waals surface area contributed by atoms with E-state index in [-0.39, 0.29) is 11.8 Å². The maximum atomic E-state index is 12.9. The lowest BCUT2D eigenvalue weighted by Gasteiger charge is -2.24. The number of benzene rings is 2. The number of amides is 2. The fourth-order valence-corrected chi connectivity index (χ4v) is 4.03. The van der Waals surface area contributed by atoms with Crippen molar-refractivity contribution in [3.8, 4) is 0 Å². The highest BCUT2D eigenvalue weighted by Crippen LogP contribution is 2.25. The largest absolute Gasteiger partial charge is 0.324 e. The van der Waals surface area contributed by atoms with Gasteiger partial charge in [-0.1, -0.05) is 24.3 Å². The fraction of sp³-hybridized carbons (Fsp3) is 0.300. The van der Waals surface area contributed by atoms with Crippen molar-refractivity contribution >= 4 is 29.3 Å². The van der Waals surface area contributed by atoms with Gasteiger partial charge in [-0.3, -0.25) is 9.59 Å². The number of anilines is 1. The number of nitrogens with one attached hydrogen (secondary N) is 1. The molecule has 1 aliphatic rings. The van der Waals surface area contributed by atoms with Crippen LogP contribution < -0.4 is 5.32 Å². The Hall–Kier alpha value is -2.27. The molecule has 25 heavy (non-hydrogen) atoms. The van der Waals surface area contributed by atoms with E-state index < -0.39 is 6.04 Å². The highest BCUT2D eigenvalue weighted by Gasteiger charge is 2.35. The molecule has 0 bridgehead atoms. The van der Waals surface area contributed by atoms with Crippen molar-refractivity contribution in [2.24, 2.45) is 0 Å². The van der Waals surface area contributed by atoms with E-state index in [0.29, 0.717) is 17.2 Å². The molecular formula is C20H22N2O2S. The lowest BCUT2D eigenvalue weighted by molar-refractivity contribution is -0.119. The third-order valence-corrected chi connectivity index (χ3v) is 5.61. The normalized spacial score (nSPS) is 16.8. The van der Waals surface area contributed by atoms with Crippen molar-refractivity contribution in [1.82, 2.24) is 4.90 Å². The van der Waals surface area contributed by atoms with E-state index in [9.17, 15) is 9.59 Å². The highest BCUT2D eigenvalue weighted by molar-refractivity contribution is 7.99. The number of aryl methyl sites for hydroxylation is 3. The molecule has 1 atom stereocenters. The second-order valence-electron chi connectivity index (χ2n) is 6.39. The van der Waals surface area contributed by atoms with Crippen LogP contribution in [-0.2, 0) is 4.79 Å². The maximum Gasteiger partial charge on any atom is 0.255 e. The number of rotatable bonds is 3. The summed E-state index contributed by atoms with van der Waals surface area (Å²) >= 11 is 1.61. The van der Waals surface area contributed by atoms with Gasteiger partial charge < -0.3 is 10.2 Å². The third kappa shape index (κ3) is 3.71. The van der Waals surface area contributed by atoms with Gasteiger partial charge in [0.05, 0.1) is 5.88 Å². The molecule has 0 radical (unpaired) electrons. The monoisotopic (exact) mass is 354 g/mol. The van der Waals surface area contributed by atoms with E-state index in [1.807, 2.05) is 63.2 Å². The lowest BCUT2D eigenvalue weighted by Crippen LogP contribution is -2.44. The molecule has 1 aliphatic heterocycles. The predicted octanol–water partition coefficient (Wildman–Crippen LogP) is 3.77. The lowest BCUT2D eigenvalue weighted by atomic mass is 10.1. The Bertz CT molecular complexity index is 819. The summed E-state index contributed by atoms with van der Waals surface area (Å²) in [6.45, 7) is 5.97. The first-order chi connectivity index (χ1) is 12.0. The van der Waals surface area contributed by atoms with Crippen molar-refractivity contribution in [2.45, 2.75) is 26.8 Å². The summed E-state index contributed by atoms with van der Waals surface area (Å²) in [5.74, 6) is 0.950. The Morgan fingerprint density at radius 1 is 1.04 bits per heavy atom. The van der Waals surface area contributed by atoms with Crippen molar-refractivity contribution in [1.29, 1.82) is 0 Å². The molecule has 5 heteroatoms. The molecule has 0 spiro atoms. The summed E-state index contributed by atoms with van der Waals surface area (Å²) in [6, 6.07) is 12.9. The van der Waals surface area contributed by atoms with E-state index in [2.05, 4.69) is 5.32 Å². The van der Waals surface area contributed by atoms with E-state index in [0.717, 1.165) is 16.8 Å². The molecule has 1 heterocycles. The molecule has 2 aromatic carbocycles. The number of carbonyl (C=O) groups is 2. The van der Waals surface area contributed by atoms with Crippen LogP contribution in [0.5, 0.6) is 0 Å². The number of hydrogen-bond donors (Lipinski definition) is 1. The Balaban J connectivity index is 1.76. The summed E-state index contributed by atoms with van der Waals surface area (Å²) in [5.41, 5.74) is 4.68. The van der Waals surface area contributed by atoms with Crippen LogP contribution in [0.25, 0.3) is 0 Å². The molecule has 1 saturated heterocycles. The first kappa shape index (κ1) is 17.5. The topological polar surface area (TPSA) is 49.4 Å². The van der Waals surface area contributed by atoms with Crippen LogP contribution in [0, 0.1) is 20.8 Å². The maximum absolute atomic E-state index is 12.9. The first-order valence-corrected chi connectivity index (χ1v) is 9.45. The first-order valence-electron chi connectivity index (χ1n) is 8.30. The molecule has 130 valence electrons. The van der Waals surface area contributed by atoms with Crippen LogP contribution in [0.1, 0.15) is 27.0 Å². The van der Waals surface area contributed by atoms with Gasteiger partial charge in [-0.25, -0.2) is 0 Å². The smallest absolute Gasteiger partial charge is 0.255 e. The Morgan fingerprint density at radius 2 is 1.80 bits per heavy atom. The zero-order valence-electron chi connectivity index (χ0n) is 14.7. The molecule has 1 fully saturated rings. The van der Waals surface area contributed by atoms with Crippen LogP contribution in [-0.4, -0.2) is 34.4 Å². The summed E-state index contributed by atoms with van der Waals surface area (Å²) < 4.78 is 0. The van der Waals surface area contributed by atoms with Crippen LogP contribution in [0.4, 0.5) is 5.69 Å². The van der Waals surface area contributed by atoms with Crippen LogP contribution >= 0.6 is 11.8 Å². The molecule has 1 N–H and O–H groups in total. The minimum atomic E-state index is -0.446. The molecule has 2 aromatic rings. The molecule has 0 aromatic heterocycles. The van der Waals surface area contributed by atoms with E-state index >= 15 is 0 Å².